The first kappa shape index (κ1) is 15.9. The first-order valence-electron chi connectivity index (χ1n) is 9.10. The molecule has 4 rings (SSSR count). The number of nitrogens with zero attached hydrogens (tertiary/aromatic N) is 1. The molecule has 0 aromatic heterocycles. The summed E-state index contributed by atoms with van der Waals surface area (Å²) in [5.41, 5.74) is 1.60. The van der Waals surface area contributed by atoms with Crippen LogP contribution in [0.1, 0.15) is 51.0 Å². The number of hydrogen-bond acceptors (Lipinski definition) is 1. The highest BCUT2D eigenvalue weighted by Crippen LogP contribution is 2.66. The summed E-state index contributed by atoms with van der Waals surface area (Å²) >= 11 is 0. The molecule has 0 spiro atoms. The first-order valence-corrected chi connectivity index (χ1v) is 9.10. The predicted molar refractivity (Wildman–Crippen MR) is 93.0 cm³/mol. The van der Waals surface area contributed by atoms with Crippen LogP contribution in [0.2, 0.25) is 0 Å². The van der Waals surface area contributed by atoms with Crippen LogP contribution in [-0.2, 0) is 4.79 Å². The van der Waals surface area contributed by atoms with Gasteiger partial charge < -0.3 is 4.90 Å². The maximum Gasteiger partial charge on any atom is 0.232 e. The quantitative estimate of drug-likeness (QED) is 0.731. The van der Waals surface area contributed by atoms with Crippen molar-refractivity contribution in [3.05, 3.63) is 47.8 Å². The fraction of sp³-hybridized carbons (Fsp3) is 0.571. The second-order valence-corrected chi connectivity index (χ2v) is 8.48. The second kappa shape index (κ2) is 5.18. The molecule has 2 nitrogen and oxygen atoms in total. The van der Waals surface area contributed by atoms with E-state index in [-0.39, 0.29) is 28.5 Å². The van der Waals surface area contributed by atoms with E-state index in [9.17, 15) is 9.18 Å². The Kier molecular flexibility index (Phi) is 3.42. The van der Waals surface area contributed by atoms with Crippen LogP contribution in [0.25, 0.3) is 0 Å². The summed E-state index contributed by atoms with van der Waals surface area (Å²) in [6, 6.07) is 6.97. The van der Waals surface area contributed by atoms with Crippen molar-refractivity contribution in [2.24, 2.45) is 16.7 Å². The molecule has 1 amide bonds. The average molecular weight is 327 g/mol. The van der Waals surface area contributed by atoms with Crippen molar-refractivity contribution in [3.8, 4) is 0 Å². The van der Waals surface area contributed by atoms with Gasteiger partial charge in [-0.1, -0.05) is 44.2 Å². The number of fused-ring (bicyclic) bond motifs is 2. The molecular weight excluding hydrogens is 301 g/mol. The van der Waals surface area contributed by atoms with Gasteiger partial charge in [0, 0.05) is 19.0 Å². The summed E-state index contributed by atoms with van der Waals surface area (Å²) < 4.78 is 14.1. The minimum Gasteiger partial charge on any atom is -0.341 e. The van der Waals surface area contributed by atoms with Crippen LogP contribution in [-0.4, -0.2) is 23.9 Å². The van der Waals surface area contributed by atoms with E-state index in [4.69, 9.17) is 0 Å². The van der Waals surface area contributed by atoms with Gasteiger partial charge in [-0.2, -0.15) is 0 Å². The van der Waals surface area contributed by atoms with Gasteiger partial charge in [-0.3, -0.25) is 4.79 Å². The number of amides is 1. The Balaban J connectivity index is 1.55. The number of carbonyl (C=O) groups is 1. The Bertz CT molecular complexity index is 710. The van der Waals surface area contributed by atoms with Gasteiger partial charge in [0.25, 0.3) is 0 Å². The zero-order valence-electron chi connectivity index (χ0n) is 14.6. The lowest BCUT2D eigenvalue weighted by Gasteiger charge is -2.39. The Morgan fingerprint density at radius 2 is 2.04 bits per heavy atom. The maximum atomic E-state index is 14.1. The zero-order valence-corrected chi connectivity index (χ0v) is 14.6. The number of halogens is 1. The molecule has 2 saturated carbocycles. The summed E-state index contributed by atoms with van der Waals surface area (Å²) in [7, 11) is 0. The summed E-state index contributed by atoms with van der Waals surface area (Å²) in [6.07, 6.45) is 3.88. The Morgan fingerprint density at radius 1 is 1.29 bits per heavy atom. The maximum absolute atomic E-state index is 14.1. The van der Waals surface area contributed by atoms with Crippen LogP contribution in [0.15, 0.2) is 36.4 Å². The summed E-state index contributed by atoms with van der Waals surface area (Å²) in [5.74, 6) is 0.798. The molecule has 1 aromatic carbocycles. The van der Waals surface area contributed by atoms with Crippen molar-refractivity contribution < 1.29 is 9.18 Å². The molecule has 3 fully saturated rings. The fourth-order valence-electron chi connectivity index (χ4n) is 5.43. The van der Waals surface area contributed by atoms with E-state index in [1.165, 1.54) is 6.07 Å². The largest absolute Gasteiger partial charge is 0.341 e. The van der Waals surface area contributed by atoms with Gasteiger partial charge in [-0.15, -0.1) is 0 Å². The van der Waals surface area contributed by atoms with Crippen molar-refractivity contribution in [2.45, 2.75) is 45.4 Å². The number of rotatable bonds is 2. The van der Waals surface area contributed by atoms with Crippen LogP contribution in [0, 0.1) is 22.6 Å². The molecule has 3 heteroatoms. The standard InChI is InChI=1S/C21H26FNO/c1-14-20(2,3)16-8-10-21(14,12-16)19(24)23-11-9-15(13-23)17-6-4-5-7-18(17)22/h4-7,15-16H,1,8-13H2,2-3H3/t15-,16-,21-/m0/s1. The topological polar surface area (TPSA) is 20.3 Å². The number of carbonyl (C=O) groups excluding carboxylic acids is 1. The predicted octanol–water partition coefficient (Wildman–Crippen LogP) is 4.52. The number of hydrogen-bond donors (Lipinski definition) is 0. The lowest BCUT2D eigenvalue weighted by molar-refractivity contribution is -0.138. The van der Waals surface area contributed by atoms with Gasteiger partial charge in [-0.05, 0) is 48.6 Å². The van der Waals surface area contributed by atoms with Crippen molar-refractivity contribution in [3.63, 3.8) is 0 Å². The lowest BCUT2D eigenvalue weighted by atomic mass is 9.68. The third-order valence-electron chi connectivity index (χ3n) is 7.12. The molecule has 1 aliphatic heterocycles. The molecule has 0 N–H and O–H groups in total. The van der Waals surface area contributed by atoms with Gasteiger partial charge in [0.2, 0.25) is 5.91 Å². The molecular formula is C21H26FNO. The fourth-order valence-corrected chi connectivity index (χ4v) is 5.43. The highest BCUT2D eigenvalue weighted by Gasteiger charge is 2.62. The van der Waals surface area contributed by atoms with E-state index < -0.39 is 0 Å². The van der Waals surface area contributed by atoms with Crippen LogP contribution < -0.4 is 0 Å². The highest BCUT2D eigenvalue weighted by atomic mass is 19.1. The smallest absolute Gasteiger partial charge is 0.232 e. The van der Waals surface area contributed by atoms with Crippen LogP contribution in [0.5, 0.6) is 0 Å². The SMILES string of the molecule is C=C1C(C)(C)[C@H]2CC[C@]1(C(=O)N1CC[C@H](c3ccccc3F)C1)C2. The molecule has 128 valence electrons. The van der Waals surface area contributed by atoms with E-state index in [1.807, 2.05) is 17.0 Å². The average Bonchev–Trinajstić information content (AvgIpc) is 3.25. The monoisotopic (exact) mass is 327 g/mol. The Hall–Kier alpha value is -1.64. The van der Waals surface area contributed by atoms with Crippen LogP contribution in [0.4, 0.5) is 4.39 Å². The minimum atomic E-state index is -0.349. The van der Waals surface area contributed by atoms with Crippen molar-refractivity contribution in [1.82, 2.24) is 4.90 Å². The Labute approximate surface area is 143 Å². The molecule has 24 heavy (non-hydrogen) atoms. The first-order chi connectivity index (χ1) is 11.4. The highest BCUT2D eigenvalue weighted by molar-refractivity contribution is 5.88. The van der Waals surface area contributed by atoms with Crippen LogP contribution in [0.3, 0.4) is 0 Å². The molecule has 1 heterocycles. The van der Waals surface area contributed by atoms with Crippen LogP contribution >= 0.6 is 0 Å². The van der Waals surface area contributed by atoms with Crippen molar-refractivity contribution in [1.29, 1.82) is 0 Å². The lowest BCUT2D eigenvalue weighted by Crippen LogP contribution is -2.43. The van der Waals surface area contributed by atoms with E-state index in [2.05, 4.69) is 20.4 Å². The molecule has 2 bridgehead atoms. The summed E-state index contributed by atoms with van der Waals surface area (Å²) in [6.45, 7) is 10.2. The van der Waals surface area contributed by atoms with E-state index in [0.29, 0.717) is 12.5 Å². The molecule has 1 saturated heterocycles. The molecule has 0 unspecified atom stereocenters. The van der Waals surface area contributed by atoms with E-state index >= 15 is 0 Å². The van der Waals surface area contributed by atoms with Gasteiger partial charge in [0.1, 0.15) is 5.82 Å². The third-order valence-corrected chi connectivity index (χ3v) is 7.12. The molecule has 2 aliphatic carbocycles. The second-order valence-electron chi connectivity index (χ2n) is 8.48. The minimum absolute atomic E-state index is 0.0680. The third kappa shape index (κ3) is 2.03. The van der Waals surface area contributed by atoms with Gasteiger partial charge in [-0.25, -0.2) is 4.39 Å². The normalized spacial score (nSPS) is 34.1. The summed E-state index contributed by atoms with van der Waals surface area (Å²) in [4.78, 5) is 15.3. The number of likely N-dealkylation sites (tertiary alicyclic amines) is 1. The van der Waals surface area contributed by atoms with Gasteiger partial charge in [0.05, 0.1) is 5.41 Å². The van der Waals surface area contributed by atoms with Gasteiger partial charge in [0.15, 0.2) is 0 Å². The molecule has 3 atom stereocenters. The molecule has 0 radical (unpaired) electrons. The summed E-state index contributed by atoms with van der Waals surface area (Å²) in [5, 5.41) is 0. The number of benzene rings is 1. The van der Waals surface area contributed by atoms with E-state index in [1.54, 1.807) is 6.07 Å². The Morgan fingerprint density at radius 3 is 2.71 bits per heavy atom. The molecule has 3 aliphatic rings. The van der Waals surface area contributed by atoms with E-state index in [0.717, 1.165) is 43.4 Å². The molecule has 1 aromatic rings. The zero-order chi connectivity index (χ0) is 17.1. The van der Waals surface area contributed by atoms with Crippen molar-refractivity contribution in [2.75, 3.05) is 13.1 Å². The van der Waals surface area contributed by atoms with Gasteiger partial charge >= 0.3 is 0 Å². The van der Waals surface area contributed by atoms with Crippen molar-refractivity contribution >= 4 is 5.91 Å².